The molecule has 0 fully saturated rings. The number of ether oxygens (including phenoxy) is 1. The van der Waals surface area contributed by atoms with Gasteiger partial charge in [-0.15, -0.1) is 0 Å². The number of hydrogen-bond donors (Lipinski definition) is 1. The van der Waals surface area contributed by atoms with Gasteiger partial charge in [0.05, 0.1) is 25.4 Å². The topological polar surface area (TPSA) is 69.0 Å². The summed E-state index contributed by atoms with van der Waals surface area (Å²) in [6.45, 7) is 0.486. The molecule has 2 aromatic heterocycles. The molecule has 6 nitrogen and oxygen atoms in total. The third-order valence-electron chi connectivity index (χ3n) is 3.41. The molecule has 3 rings (SSSR count). The summed E-state index contributed by atoms with van der Waals surface area (Å²) >= 11 is 6.14. The first kappa shape index (κ1) is 16.0. The molecule has 0 aliphatic rings. The lowest BCUT2D eigenvalue weighted by Crippen LogP contribution is -2.13. The number of hydrogen-bond acceptors (Lipinski definition) is 4. The number of aromatic nitrogens is 3. The number of nitrogens with one attached hydrogen (secondary N) is 1. The number of carbonyl (C=O) groups is 1. The average molecular weight is 343 g/mol. The Bertz CT molecular complexity index is 863. The van der Waals surface area contributed by atoms with E-state index < -0.39 is 0 Å². The van der Waals surface area contributed by atoms with Crippen LogP contribution in [0.15, 0.2) is 55.0 Å². The second-order valence-corrected chi connectivity index (χ2v) is 5.43. The number of benzene rings is 1. The van der Waals surface area contributed by atoms with E-state index in [1.54, 1.807) is 29.2 Å². The highest BCUT2D eigenvalue weighted by molar-refractivity contribution is 6.31. The molecule has 0 aliphatic heterocycles. The Morgan fingerprint density at radius 1 is 1.29 bits per heavy atom. The minimum Gasteiger partial charge on any atom is -0.493 e. The van der Waals surface area contributed by atoms with Gasteiger partial charge in [-0.05, 0) is 23.8 Å². The van der Waals surface area contributed by atoms with Crippen LogP contribution in [0, 0.1) is 0 Å². The van der Waals surface area contributed by atoms with Crippen molar-refractivity contribution < 1.29 is 9.53 Å². The van der Waals surface area contributed by atoms with Crippen molar-refractivity contribution in [1.82, 2.24) is 14.8 Å². The van der Waals surface area contributed by atoms with Crippen molar-refractivity contribution in [2.24, 2.45) is 0 Å². The highest BCUT2D eigenvalue weighted by Crippen LogP contribution is 2.21. The van der Waals surface area contributed by atoms with Gasteiger partial charge in [-0.2, -0.15) is 5.10 Å². The van der Waals surface area contributed by atoms with Crippen LogP contribution in [0.5, 0.6) is 5.75 Å². The van der Waals surface area contributed by atoms with E-state index in [0.29, 0.717) is 28.7 Å². The van der Waals surface area contributed by atoms with Gasteiger partial charge in [0.15, 0.2) is 11.6 Å². The Morgan fingerprint density at radius 2 is 2.12 bits per heavy atom. The first-order chi connectivity index (χ1) is 11.7. The van der Waals surface area contributed by atoms with E-state index in [9.17, 15) is 4.79 Å². The summed E-state index contributed by atoms with van der Waals surface area (Å²) in [6.07, 6.45) is 4.74. The fourth-order valence-corrected chi connectivity index (χ4v) is 2.39. The summed E-state index contributed by atoms with van der Waals surface area (Å²) in [5.74, 6) is 0.551. The minimum absolute atomic E-state index is 0.308. The number of nitrogens with zero attached hydrogens (tertiary/aromatic N) is 3. The van der Waals surface area contributed by atoms with Gasteiger partial charge in [-0.3, -0.25) is 9.48 Å². The summed E-state index contributed by atoms with van der Waals surface area (Å²) in [7, 11) is 1.52. The second kappa shape index (κ2) is 7.14. The molecule has 122 valence electrons. The molecule has 7 heteroatoms. The van der Waals surface area contributed by atoms with E-state index in [1.807, 2.05) is 24.3 Å². The standard InChI is InChI=1S/C17H15ClN4O2/c1-24-15-7-4-8-19-16(15)21-17(23)13-9-20-22(11-13)10-12-5-2-3-6-14(12)18/h2-9,11H,10H2,1H3,(H,19,21,23). The van der Waals surface area contributed by atoms with E-state index in [2.05, 4.69) is 15.4 Å². The van der Waals surface area contributed by atoms with Crippen LogP contribution in [0.4, 0.5) is 5.82 Å². The zero-order chi connectivity index (χ0) is 16.9. The van der Waals surface area contributed by atoms with Crippen molar-refractivity contribution in [2.75, 3.05) is 12.4 Å². The molecule has 0 atom stereocenters. The quantitative estimate of drug-likeness (QED) is 0.772. The molecule has 0 aliphatic carbocycles. The fraction of sp³-hybridized carbons (Fsp3) is 0.118. The normalized spacial score (nSPS) is 10.4. The summed E-state index contributed by atoms with van der Waals surface area (Å²) < 4.78 is 6.83. The van der Waals surface area contributed by atoms with Crippen LogP contribution < -0.4 is 10.1 Å². The van der Waals surface area contributed by atoms with E-state index in [0.717, 1.165) is 5.56 Å². The van der Waals surface area contributed by atoms with Gasteiger partial charge in [-0.1, -0.05) is 29.8 Å². The SMILES string of the molecule is COc1cccnc1NC(=O)c1cnn(Cc2ccccc2Cl)c1. The van der Waals surface area contributed by atoms with Gasteiger partial charge in [0, 0.05) is 17.4 Å². The summed E-state index contributed by atoms with van der Waals surface area (Å²) in [6, 6.07) is 11.0. The van der Waals surface area contributed by atoms with Crippen LogP contribution in [0.1, 0.15) is 15.9 Å². The highest BCUT2D eigenvalue weighted by atomic mass is 35.5. The number of amides is 1. The number of halogens is 1. The number of pyridine rings is 1. The first-order valence-electron chi connectivity index (χ1n) is 7.23. The van der Waals surface area contributed by atoms with Gasteiger partial charge in [0.25, 0.3) is 5.91 Å². The third-order valence-corrected chi connectivity index (χ3v) is 3.78. The van der Waals surface area contributed by atoms with Crippen molar-refractivity contribution in [3.8, 4) is 5.75 Å². The van der Waals surface area contributed by atoms with Crippen molar-refractivity contribution in [1.29, 1.82) is 0 Å². The van der Waals surface area contributed by atoms with Crippen LogP contribution >= 0.6 is 11.6 Å². The van der Waals surface area contributed by atoms with E-state index >= 15 is 0 Å². The minimum atomic E-state index is -0.308. The largest absolute Gasteiger partial charge is 0.493 e. The fourth-order valence-electron chi connectivity index (χ4n) is 2.20. The Balaban J connectivity index is 1.73. The van der Waals surface area contributed by atoms with Crippen LogP contribution in [-0.2, 0) is 6.54 Å². The summed E-state index contributed by atoms with van der Waals surface area (Å²) in [5.41, 5.74) is 1.36. The molecule has 1 N–H and O–H groups in total. The summed E-state index contributed by atoms with van der Waals surface area (Å²) in [5, 5.41) is 7.58. The van der Waals surface area contributed by atoms with Gasteiger partial charge >= 0.3 is 0 Å². The molecule has 1 aromatic carbocycles. The van der Waals surface area contributed by atoms with Crippen molar-refractivity contribution in [3.63, 3.8) is 0 Å². The Morgan fingerprint density at radius 3 is 2.92 bits per heavy atom. The molecule has 0 bridgehead atoms. The van der Waals surface area contributed by atoms with Gasteiger partial charge in [0.1, 0.15) is 0 Å². The Labute approximate surface area is 144 Å². The Kier molecular flexibility index (Phi) is 4.77. The zero-order valence-corrected chi connectivity index (χ0v) is 13.7. The predicted molar refractivity (Wildman–Crippen MR) is 91.5 cm³/mol. The molecular weight excluding hydrogens is 328 g/mol. The third kappa shape index (κ3) is 3.55. The zero-order valence-electron chi connectivity index (χ0n) is 12.9. The monoisotopic (exact) mass is 342 g/mol. The molecule has 2 heterocycles. The molecule has 24 heavy (non-hydrogen) atoms. The molecule has 0 unspecified atom stereocenters. The maximum Gasteiger partial charge on any atom is 0.260 e. The average Bonchev–Trinajstić information content (AvgIpc) is 3.06. The van der Waals surface area contributed by atoms with Crippen molar-refractivity contribution in [3.05, 3.63) is 71.1 Å². The van der Waals surface area contributed by atoms with Gasteiger partial charge in [-0.25, -0.2) is 4.98 Å². The van der Waals surface area contributed by atoms with Crippen LogP contribution in [0.25, 0.3) is 0 Å². The van der Waals surface area contributed by atoms with E-state index in [4.69, 9.17) is 16.3 Å². The Hall–Kier alpha value is -2.86. The van der Waals surface area contributed by atoms with Crippen LogP contribution in [0.2, 0.25) is 5.02 Å². The number of anilines is 1. The smallest absolute Gasteiger partial charge is 0.260 e. The van der Waals surface area contributed by atoms with Crippen molar-refractivity contribution >= 4 is 23.3 Å². The van der Waals surface area contributed by atoms with Crippen molar-refractivity contribution in [2.45, 2.75) is 6.54 Å². The molecule has 0 saturated heterocycles. The lowest BCUT2D eigenvalue weighted by molar-refractivity contribution is 0.102. The number of rotatable bonds is 5. The maximum atomic E-state index is 12.3. The molecule has 0 spiro atoms. The van der Waals surface area contributed by atoms with Gasteiger partial charge in [0.2, 0.25) is 0 Å². The molecule has 1 amide bonds. The highest BCUT2D eigenvalue weighted by Gasteiger charge is 2.13. The predicted octanol–water partition coefficient (Wildman–Crippen LogP) is 3.24. The van der Waals surface area contributed by atoms with E-state index in [1.165, 1.54) is 13.3 Å². The summed E-state index contributed by atoms with van der Waals surface area (Å²) in [4.78, 5) is 16.4. The number of methoxy groups -OCH3 is 1. The molecule has 0 saturated carbocycles. The molecule has 0 radical (unpaired) electrons. The number of carbonyl (C=O) groups excluding carboxylic acids is 1. The second-order valence-electron chi connectivity index (χ2n) is 5.03. The maximum absolute atomic E-state index is 12.3. The lowest BCUT2D eigenvalue weighted by atomic mass is 10.2. The van der Waals surface area contributed by atoms with E-state index in [-0.39, 0.29) is 5.91 Å². The lowest BCUT2D eigenvalue weighted by Gasteiger charge is -2.07. The van der Waals surface area contributed by atoms with Gasteiger partial charge < -0.3 is 10.1 Å². The first-order valence-corrected chi connectivity index (χ1v) is 7.61. The van der Waals surface area contributed by atoms with Crippen LogP contribution in [0.3, 0.4) is 0 Å². The molecular formula is C17H15ClN4O2. The molecule has 3 aromatic rings. The van der Waals surface area contributed by atoms with Crippen LogP contribution in [-0.4, -0.2) is 27.8 Å².